The summed E-state index contributed by atoms with van der Waals surface area (Å²) in [6.07, 6.45) is 0.833. The first-order chi connectivity index (χ1) is 9.45. The van der Waals surface area contributed by atoms with E-state index in [2.05, 4.69) is 48.0 Å². The fraction of sp³-hybridized carbons (Fsp3) is 0.308. The van der Waals surface area contributed by atoms with Crippen molar-refractivity contribution in [3.05, 3.63) is 45.0 Å². The predicted molar refractivity (Wildman–Crippen MR) is 83.8 cm³/mol. The summed E-state index contributed by atoms with van der Waals surface area (Å²) in [5.41, 5.74) is 0. The van der Waals surface area contributed by atoms with Crippen molar-refractivity contribution in [1.82, 2.24) is 0 Å². The molecule has 0 aromatic carbocycles. The number of ether oxygens (including phenoxy) is 1. The first kappa shape index (κ1) is 36.7. The van der Waals surface area contributed by atoms with E-state index in [4.69, 9.17) is 16.7 Å². The zero-order valence-electron chi connectivity index (χ0n) is 12.5. The van der Waals surface area contributed by atoms with E-state index in [1.54, 1.807) is 20.8 Å². The van der Waals surface area contributed by atoms with Crippen molar-refractivity contribution in [3.8, 4) is 0 Å². The van der Waals surface area contributed by atoms with Gasteiger partial charge in [0.05, 0.1) is 7.11 Å². The molecule has 118 valence electrons. The van der Waals surface area contributed by atoms with Gasteiger partial charge in [0.2, 0.25) is 0 Å². The number of hydrogen-bond donors (Lipinski definition) is 1. The van der Waals surface area contributed by atoms with Crippen molar-refractivity contribution in [2.45, 2.75) is 20.8 Å². The molecular weight excluding hydrogens is 339 g/mol. The average molecular weight is 363 g/mol. The van der Waals surface area contributed by atoms with E-state index in [-0.39, 0.29) is 5.03 Å². The summed E-state index contributed by atoms with van der Waals surface area (Å²) in [7, 11) is 5.88. The molecule has 0 atom stereocenters. The molecule has 0 aromatic heterocycles. The monoisotopic (exact) mass is 362 g/mol. The third-order valence-corrected chi connectivity index (χ3v) is 0.736. The van der Waals surface area contributed by atoms with Gasteiger partial charge >= 0.3 is 40.6 Å². The number of esters is 1. The molecule has 0 fully saturated rings. The molecule has 0 aliphatic heterocycles. The SMILES string of the molecule is C=C(Cl)C(=O)OC.C=CC(=O)O.[CH2-]C.[CH2-]C.[CH2-]C.[Cl][Ti+3]. The number of hydrogen-bond acceptors (Lipinski definition) is 3. The second-order valence-corrected chi connectivity index (χ2v) is 1.90. The Bertz CT molecular complexity index is 211. The van der Waals surface area contributed by atoms with Gasteiger partial charge in [-0.1, -0.05) is 24.8 Å². The fourth-order valence-corrected chi connectivity index (χ4v) is 0.188. The van der Waals surface area contributed by atoms with Gasteiger partial charge in [0.25, 0.3) is 0 Å². The summed E-state index contributed by atoms with van der Waals surface area (Å²) in [4.78, 5) is 19.3. The quantitative estimate of drug-likeness (QED) is 0.342. The number of halogens is 2. The molecule has 0 aliphatic carbocycles. The van der Waals surface area contributed by atoms with Crippen LogP contribution in [0.3, 0.4) is 0 Å². The van der Waals surface area contributed by atoms with Crippen LogP contribution in [0, 0.1) is 20.8 Å². The Morgan fingerprint density at radius 1 is 1.15 bits per heavy atom. The van der Waals surface area contributed by atoms with Crippen molar-refractivity contribution < 1.29 is 38.8 Å². The van der Waals surface area contributed by atoms with E-state index in [1.165, 1.54) is 26.5 Å². The molecule has 0 saturated heterocycles. The van der Waals surface area contributed by atoms with E-state index in [0.29, 0.717) is 0 Å². The molecule has 0 aromatic rings. The van der Waals surface area contributed by atoms with Gasteiger partial charge in [-0.25, -0.2) is 9.59 Å². The van der Waals surface area contributed by atoms with Gasteiger partial charge in [-0.05, 0) is 0 Å². The van der Waals surface area contributed by atoms with Gasteiger partial charge in [0, 0.05) is 6.08 Å². The summed E-state index contributed by atoms with van der Waals surface area (Å²) >= 11 is 6.53. The van der Waals surface area contributed by atoms with Crippen LogP contribution in [0.2, 0.25) is 0 Å². The van der Waals surface area contributed by atoms with Crippen molar-refractivity contribution in [2.75, 3.05) is 7.11 Å². The third-order valence-electron chi connectivity index (χ3n) is 0.582. The van der Waals surface area contributed by atoms with Crippen LogP contribution in [-0.4, -0.2) is 24.2 Å². The number of carboxylic acids is 1. The van der Waals surface area contributed by atoms with E-state index < -0.39 is 11.9 Å². The summed E-state index contributed by atoms with van der Waals surface area (Å²) in [5, 5.41) is 7.51. The standard InChI is InChI=1S/C4H5ClO2.C3H4O2.3C2H5.ClH.Ti/c1-3(5)4(6)7-2;1-2-3(4)5;3*1-2;;/h1H2,2H3;2H,1H2,(H,4,5);3*1H2,2H3;1H;/q;;3*-1;;+4/p-1. The second kappa shape index (κ2) is 51.2. The Morgan fingerprint density at radius 3 is 1.35 bits per heavy atom. The first-order valence-corrected chi connectivity index (χ1v) is 7.57. The summed E-state index contributed by atoms with van der Waals surface area (Å²) in [6, 6.07) is 0. The minimum atomic E-state index is -0.981. The maximum absolute atomic E-state index is 10.1. The predicted octanol–water partition coefficient (Wildman–Crippen LogP) is 4.38. The number of rotatable bonds is 2. The molecule has 0 unspecified atom stereocenters. The van der Waals surface area contributed by atoms with E-state index in [0.717, 1.165) is 6.08 Å². The Hall–Kier alpha value is -0.286. The van der Waals surface area contributed by atoms with Gasteiger partial charge in [-0.3, -0.25) is 0 Å². The molecule has 0 heterocycles. The van der Waals surface area contributed by atoms with Gasteiger partial charge < -0.3 is 30.6 Å². The number of aliphatic carboxylic acids is 1. The van der Waals surface area contributed by atoms with Crippen LogP contribution in [-0.2, 0) is 33.7 Å². The van der Waals surface area contributed by atoms with E-state index in [9.17, 15) is 9.59 Å². The minimum absolute atomic E-state index is 0.0949. The molecule has 1 N–H and O–H groups in total. The van der Waals surface area contributed by atoms with Crippen molar-refractivity contribution in [2.24, 2.45) is 0 Å². The van der Waals surface area contributed by atoms with Crippen LogP contribution in [0.15, 0.2) is 24.3 Å². The van der Waals surface area contributed by atoms with Crippen molar-refractivity contribution in [3.63, 3.8) is 0 Å². The number of methoxy groups -OCH3 is 1. The molecule has 0 spiro atoms. The molecule has 0 radical (unpaired) electrons. The molecule has 20 heavy (non-hydrogen) atoms. The molecule has 0 aliphatic rings. The number of carbonyl (C=O) groups is 2. The molecule has 0 rings (SSSR count). The Kier molecular flexibility index (Phi) is 93.9. The molecule has 4 nitrogen and oxygen atoms in total. The van der Waals surface area contributed by atoms with Gasteiger partial charge in [0.15, 0.2) is 0 Å². The van der Waals surface area contributed by atoms with Crippen LogP contribution in [0.5, 0.6) is 0 Å². The van der Waals surface area contributed by atoms with Crippen molar-refractivity contribution >= 4 is 32.8 Å². The van der Waals surface area contributed by atoms with E-state index >= 15 is 0 Å². The van der Waals surface area contributed by atoms with Crippen LogP contribution >= 0.6 is 20.9 Å². The zero-order valence-corrected chi connectivity index (χ0v) is 15.6. The summed E-state index contributed by atoms with van der Waals surface area (Å²) < 4.78 is 4.14. The van der Waals surface area contributed by atoms with Crippen LogP contribution in [0.25, 0.3) is 0 Å². The van der Waals surface area contributed by atoms with Crippen molar-refractivity contribution in [1.29, 1.82) is 0 Å². The molecule has 0 amide bonds. The maximum atomic E-state index is 10.1. The molecule has 7 heteroatoms. The Balaban J connectivity index is -0.0000000333. The number of carboxylic acid groups (broad SMARTS) is 1. The first-order valence-electron chi connectivity index (χ1n) is 5.04. The molecular formula is C13H24Cl2O4Ti. The number of carbonyl (C=O) groups excluding carboxylic acids is 1. The van der Waals surface area contributed by atoms with Gasteiger partial charge in [-0.15, -0.1) is 0 Å². The Labute approximate surface area is 144 Å². The molecule has 0 saturated carbocycles. The topological polar surface area (TPSA) is 63.6 Å². The van der Waals surface area contributed by atoms with Gasteiger partial charge in [-0.2, -0.15) is 20.8 Å². The second-order valence-electron chi connectivity index (χ2n) is 1.44. The van der Waals surface area contributed by atoms with Crippen LogP contribution in [0.4, 0.5) is 0 Å². The zero-order chi connectivity index (χ0) is 18.1. The van der Waals surface area contributed by atoms with Crippen LogP contribution < -0.4 is 0 Å². The van der Waals surface area contributed by atoms with E-state index in [1.807, 2.05) is 0 Å². The molecule has 0 bridgehead atoms. The summed E-state index contributed by atoms with van der Waals surface area (Å²) in [6.45, 7) is 21.1. The van der Waals surface area contributed by atoms with Crippen LogP contribution in [0.1, 0.15) is 20.8 Å². The fourth-order valence-electron chi connectivity index (χ4n) is 0.111. The Morgan fingerprint density at radius 2 is 1.35 bits per heavy atom. The van der Waals surface area contributed by atoms with Gasteiger partial charge in [0.1, 0.15) is 5.03 Å². The third kappa shape index (κ3) is 83.2. The summed E-state index contributed by atoms with van der Waals surface area (Å²) in [5.74, 6) is -1.56. The normalized spacial score (nSPS) is 5.55. The average Bonchev–Trinajstić information content (AvgIpc) is 2.54.